The number of carbonyl (C=O) groups is 2. The number of carboxylic acids is 1. The lowest BCUT2D eigenvalue weighted by atomic mass is 10.2. The van der Waals surface area contributed by atoms with Gasteiger partial charge in [-0.1, -0.05) is 6.07 Å². The summed E-state index contributed by atoms with van der Waals surface area (Å²) in [7, 11) is 0. The first-order chi connectivity index (χ1) is 10.1. The highest BCUT2D eigenvalue weighted by Gasteiger charge is 2.05. The molecule has 0 saturated heterocycles. The largest absolute Gasteiger partial charge is 0.478 e. The summed E-state index contributed by atoms with van der Waals surface area (Å²) < 4.78 is 1.79. The fourth-order valence-corrected chi connectivity index (χ4v) is 1.78. The van der Waals surface area contributed by atoms with E-state index in [2.05, 4.69) is 15.7 Å². The van der Waals surface area contributed by atoms with Gasteiger partial charge in [-0.2, -0.15) is 5.10 Å². The Hall–Kier alpha value is -2.83. The van der Waals surface area contributed by atoms with Crippen molar-refractivity contribution in [1.82, 2.24) is 15.1 Å². The van der Waals surface area contributed by atoms with Crippen molar-refractivity contribution in [2.45, 2.75) is 13.0 Å². The molecule has 0 aliphatic heterocycles. The maximum Gasteiger partial charge on any atom is 0.335 e. The molecule has 2 rings (SSSR count). The summed E-state index contributed by atoms with van der Waals surface area (Å²) >= 11 is 0. The molecule has 1 aromatic heterocycles. The van der Waals surface area contributed by atoms with E-state index in [-0.39, 0.29) is 11.6 Å². The summed E-state index contributed by atoms with van der Waals surface area (Å²) in [5, 5.41) is 18.2. The van der Waals surface area contributed by atoms with Crippen LogP contribution in [0.3, 0.4) is 0 Å². The molecule has 0 unspecified atom stereocenters. The molecule has 0 spiro atoms. The van der Waals surface area contributed by atoms with Crippen molar-refractivity contribution in [3.8, 4) is 0 Å². The summed E-state index contributed by atoms with van der Waals surface area (Å²) in [6.45, 7) is 1.23. The Morgan fingerprint density at radius 1 is 1.29 bits per heavy atom. The van der Waals surface area contributed by atoms with Gasteiger partial charge in [-0.3, -0.25) is 4.68 Å². The van der Waals surface area contributed by atoms with Gasteiger partial charge >= 0.3 is 12.0 Å². The van der Waals surface area contributed by atoms with Gasteiger partial charge < -0.3 is 15.7 Å². The van der Waals surface area contributed by atoms with E-state index >= 15 is 0 Å². The van der Waals surface area contributed by atoms with Gasteiger partial charge in [0.15, 0.2) is 0 Å². The van der Waals surface area contributed by atoms with Crippen LogP contribution < -0.4 is 10.6 Å². The molecule has 0 saturated carbocycles. The van der Waals surface area contributed by atoms with Crippen molar-refractivity contribution in [3.63, 3.8) is 0 Å². The molecule has 0 radical (unpaired) electrons. The van der Waals surface area contributed by atoms with Gasteiger partial charge in [-0.15, -0.1) is 0 Å². The highest BCUT2D eigenvalue weighted by molar-refractivity contribution is 5.93. The van der Waals surface area contributed by atoms with E-state index < -0.39 is 5.97 Å². The van der Waals surface area contributed by atoms with E-state index in [1.165, 1.54) is 12.1 Å². The number of aromatic carboxylic acids is 1. The fraction of sp³-hybridized carbons (Fsp3) is 0.214. The zero-order chi connectivity index (χ0) is 15.1. The topological polar surface area (TPSA) is 96.3 Å². The number of aryl methyl sites for hydroxylation is 1. The predicted molar refractivity (Wildman–Crippen MR) is 77.3 cm³/mol. The van der Waals surface area contributed by atoms with Crippen LogP contribution >= 0.6 is 0 Å². The molecular formula is C14H16N4O3. The van der Waals surface area contributed by atoms with E-state index in [0.29, 0.717) is 12.2 Å². The average Bonchev–Trinajstić information content (AvgIpc) is 2.97. The number of benzene rings is 1. The summed E-state index contributed by atoms with van der Waals surface area (Å²) in [5.41, 5.74) is 0.575. The Kier molecular flexibility index (Phi) is 4.92. The van der Waals surface area contributed by atoms with Gasteiger partial charge in [0.25, 0.3) is 0 Å². The van der Waals surface area contributed by atoms with Crippen molar-refractivity contribution in [3.05, 3.63) is 48.3 Å². The Morgan fingerprint density at radius 2 is 2.14 bits per heavy atom. The van der Waals surface area contributed by atoms with Gasteiger partial charge in [0.05, 0.1) is 5.56 Å². The van der Waals surface area contributed by atoms with E-state index in [0.717, 1.165) is 13.0 Å². The van der Waals surface area contributed by atoms with Crippen molar-refractivity contribution >= 4 is 17.7 Å². The molecule has 0 atom stereocenters. The number of carbonyl (C=O) groups excluding carboxylic acids is 1. The van der Waals surface area contributed by atoms with Crippen molar-refractivity contribution in [1.29, 1.82) is 0 Å². The van der Waals surface area contributed by atoms with E-state index in [1.807, 2.05) is 12.3 Å². The first-order valence-electron chi connectivity index (χ1n) is 6.51. The molecule has 2 amide bonds. The Bertz CT molecular complexity index is 610. The lowest BCUT2D eigenvalue weighted by molar-refractivity contribution is 0.0697. The van der Waals surface area contributed by atoms with Crippen molar-refractivity contribution in [2.75, 3.05) is 11.9 Å². The van der Waals surface area contributed by atoms with Crippen LogP contribution in [0.5, 0.6) is 0 Å². The first kappa shape index (κ1) is 14.6. The molecule has 3 N–H and O–H groups in total. The number of carboxylic acid groups (broad SMARTS) is 1. The SMILES string of the molecule is O=C(NCCCn1cccn1)Nc1cccc(C(=O)O)c1. The molecule has 1 aromatic carbocycles. The molecular weight excluding hydrogens is 272 g/mol. The second kappa shape index (κ2) is 7.09. The van der Waals surface area contributed by atoms with Gasteiger partial charge in [0, 0.05) is 31.2 Å². The number of aromatic nitrogens is 2. The number of nitrogens with zero attached hydrogens (tertiary/aromatic N) is 2. The zero-order valence-corrected chi connectivity index (χ0v) is 11.3. The van der Waals surface area contributed by atoms with Crippen LogP contribution in [0.2, 0.25) is 0 Å². The molecule has 2 aromatic rings. The monoisotopic (exact) mass is 288 g/mol. The van der Waals surface area contributed by atoms with E-state index in [9.17, 15) is 9.59 Å². The van der Waals surface area contributed by atoms with Gasteiger partial charge in [-0.25, -0.2) is 9.59 Å². The summed E-state index contributed by atoms with van der Waals surface area (Å²) in [6.07, 6.45) is 4.32. The quantitative estimate of drug-likeness (QED) is 0.706. The second-order valence-electron chi connectivity index (χ2n) is 4.39. The number of urea groups is 1. The first-order valence-corrected chi connectivity index (χ1v) is 6.51. The number of nitrogens with one attached hydrogen (secondary N) is 2. The van der Waals surface area contributed by atoms with Crippen LogP contribution in [0.4, 0.5) is 10.5 Å². The smallest absolute Gasteiger partial charge is 0.335 e. The van der Waals surface area contributed by atoms with Crippen LogP contribution in [-0.2, 0) is 6.54 Å². The second-order valence-corrected chi connectivity index (χ2v) is 4.39. The molecule has 21 heavy (non-hydrogen) atoms. The minimum Gasteiger partial charge on any atom is -0.478 e. The highest BCUT2D eigenvalue weighted by Crippen LogP contribution is 2.10. The summed E-state index contributed by atoms with van der Waals surface area (Å²) in [6, 6.07) is 7.57. The number of rotatable bonds is 6. The molecule has 0 bridgehead atoms. The number of hydrogen-bond acceptors (Lipinski definition) is 3. The molecule has 0 aliphatic rings. The Labute approximate surface area is 121 Å². The predicted octanol–water partition coefficient (Wildman–Crippen LogP) is 1.79. The minimum atomic E-state index is -1.03. The molecule has 110 valence electrons. The lowest BCUT2D eigenvalue weighted by Crippen LogP contribution is -2.30. The normalized spacial score (nSPS) is 10.1. The average molecular weight is 288 g/mol. The van der Waals surface area contributed by atoms with Crippen molar-refractivity contribution < 1.29 is 14.7 Å². The minimum absolute atomic E-state index is 0.131. The van der Waals surface area contributed by atoms with Crippen LogP contribution in [0.1, 0.15) is 16.8 Å². The van der Waals surface area contributed by atoms with Gasteiger partial charge in [-0.05, 0) is 30.7 Å². The highest BCUT2D eigenvalue weighted by atomic mass is 16.4. The lowest BCUT2D eigenvalue weighted by Gasteiger charge is -2.08. The molecule has 0 fully saturated rings. The van der Waals surface area contributed by atoms with Gasteiger partial charge in [0.2, 0.25) is 0 Å². The maximum atomic E-state index is 11.7. The summed E-state index contributed by atoms with van der Waals surface area (Å²) in [4.78, 5) is 22.5. The van der Waals surface area contributed by atoms with E-state index in [4.69, 9.17) is 5.11 Å². The molecule has 7 heteroatoms. The summed E-state index contributed by atoms with van der Waals surface area (Å²) in [5.74, 6) is -1.03. The standard InChI is InChI=1S/C14H16N4O3/c19-13(20)11-4-1-5-12(10-11)17-14(21)15-6-2-8-18-9-3-7-16-18/h1,3-5,7,9-10H,2,6,8H2,(H,19,20)(H2,15,17,21). The number of anilines is 1. The zero-order valence-electron chi connectivity index (χ0n) is 11.3. The third-order valence-corrected chi connectivity index (χ3v) is 2.78. The third-order valence-electron chi connectivity index (χ3n) is 2.78. The molecule has 7 nitrogen and oxygen atoms in total. The van der Waals surface area contributed by atoms with E-state index in [1.54, 1.807) is 23.0 Å². The van der Waals surface area contributed by atoms with Crippen LogP contribution in [0.15, 0.2) is 42.7 Å². The number of amides is 2. The van der Waals surface area contributed by atoms with Gasteiger partial charge in [0.1, 0.15) is 0 Å². The fourth-order valence-electron chi connectivity index (χ4n) is 1.78. The maximum absolute atomic E-state index is 11.7. The van der Waals surface area contributed by atoms with Crippen molar-refractivity contribution in [2.24, 2.45) is 0 Å². The van der Waals surface area contributed by atoms with Crippen LogP contribution in [0, 0.1) is 0 Å². The number of hydrogen-bond donors (Lipinski definition) is 3. The van der Waals surface area contributed by atoms with Crippen LogP contribution in [-0.4, -0.2) is 33.4 Å². The third kappa shape index (κ3) is 4.64. The molecule has 1 heterocycles. The Morgan fingerprint density at radius 3 is 2.86 bits per heavy atom. The van der Waals surface area contributed by atoms with Crippen LogP contribution in [0.25, 0.3) is 0 Å². The Balaban J connectivity index is 1.74. The molecule has 0 aliphatic carbocycles.